The van der Waals surface area contributed by atoms with Crippen molar-refractivity contribution >= 4 is 27.3 Å². The molecule has 100 valence electrons. The molecule has 1 aromatic heterocycles. The molecule has 3 rings (SSSR count). The first kappa shape index (κ1) is 13.2. The molecule has 0 aliphatic heterocycles. The molecule has 0 spiro atoms. The minimum atomic E-state index is -1.10. The maximum Gasteiger partial charge on any atom is 0.137 e. The number of aryl methyl sites for hydroxylation is 2. The Hall–Kier alpha value is -0.780. The summed E-state index contributed by atoms with van der Waals surface area (Å²) in [6.07, 6.45) is 2.07. The molecule has 1 heterocycles. The van der Waals surface area contributed by atoms with Gasteiger partial charge in [-0.05, 0) is 59.0 Å². The molecule has 1 unspecified atom stereocenters. The maximum absolute atomic E-state index is 13.8. The van der Waals surface area contributed by atoms with E-state index in [1.165, 1.54) is 21.8 Å². The van der Waals surface area contributed by atoms with Crippen LogP contribution in [-0.4, -0.2) is 5.11 Å². The van der Waals surface area contributed by atoms with Gasteiger partial charge < -0.3 is 5.11 Å². The van der Waals surface area contributed by atoms with Gasteiger partial charge in [-0.3, -0.25) is 0 Å². The van der Waals surface area contributed by atoms with E-state index in [1.54, 1.807) is 0 Å². The lowest BCUT2D eigenvalue weighted by Gasteiger charge is -2.11. The Bertz CT molecular complexity index is 617. The highest BCUT2D eigenvalue weighted by molar-refractivity contribution is 9.10. The lowest BCUT2D eigenvalue weighted by Crippen LogP contribution is -2.02. The van der Waals surface area contributed by atoms with Crippen molar-refractivity contribution in [2.24, 2.45) is 0 Å². The monoisotopic (exact) mass is 344 g/mol. The van der Waals surface area contributed by atoms with Crippen LogP contribution in [0.15, 0.2) is 22.7 Å². The van der Waals surface area contributed by atoms with E-state index in [9.17, 15) is 13.9 Å². The zero-order valence-electron chi connectivity index (χ0n) is 9.92. The van der Waals surface area contributed by atoms with Gasteiger partial charge in [0, 0.05) is 15.3 Å². The summed E-state index contributed by atoms with van der Waals surface area (Å²) in [4.78, 5) is 1.94. The summed E-state index contributed by atoms with van der Waals surface area (Å²) < 4.78 is 27.4. The van der Waals surface area contributed by atoms with Crippen molar-refractivity contribution in [1.82, 2.24) is 0 Å². The van der Waals surface area contributed by atoms with E-state index >= 15 is 0 Å². The van der Waals surface area contributed by atoms with Crippen LogP contribution in [-0.2, 0) is 12.8 Å². The molecule has 0 saturated heterocycles. The highest BCUT2D eigenvalue weighted by Crippen LogP contribution is 2.37. The van der Waals surface area contributed by atoms with E-state index in [0.29, 0.717) is 4.88 Å². The lowest BCUT2D eigenvalue weighted by molar-refractivity contribution is 0.218. The molecule has 1 nitrogen and oxygen atoms in total. The molecule has 0 saturated carbocycles. The van der Waals surface area contributed by atoms with Crippen molar-refractivity contribution in [3.8, 4) is 0 Å². The largest absolute Gasteiger partial charge is 0.383 e. The normalized spacial score (nSPS) is 15.6. The van der Waals surface area contributed by atoms with Gasteiger partial charge >= 0.3 is 0 Å². The molecule has 1 aliphatic carbocycles. The minimum absolute atomic E-state index is 0.0133. The molecule has 1 atom stereocenters. The van der Waals surface area contributed by atoms with Gasteiger partial charge in [-0.1, -0.05) is 0 Å². The Morgan fingerprint density at radius 3 is 2.68 bits per heavy atom. The first-order valence-corrected chi connectivity index (χ1v) is 7.61. The highest BCUT2D eigenvalue weighted by atomic mass is 79.9. The average Bonchev–Trinajstić information content (AvgIpc) is 2.93. The Morgan fingerprint density at radius 2 is 1.95 bits per heavy atom. The van der Waals surface area contributed by atoms with Gasteiger partial charge in [0.05, 0.1) is 4.47 Å². The number of aliphatic hydroxyl groups is 1. The second-order valence-electron chi connectivity index (χ2n) is 4.64. The number of fused-ring (bicyclic) bond motifs is 1. The summed E-state index contributed by atoms with van der Waals surface area (Å²) in [5, 5.41) is 10.2. The van der Waals surface area contributed by atoms with E-state index < -0.39 is 17.7 Å². The zero-order valence-corrected chi connectivity index (χ0v) is 12.3. The van der Waals surface area contributed by atoms with Gasteiger partial charge in [-0.25, -0.2) is 8.78 Å². The standard InChI is InChI=1S/C14H11BrF2OS/c15-9-6-10(16)8(5-11(9)17)14(18)13-4-7-2-1-3-12(7)19-13/h4-6,14,18H,1-3H2. The van der Waals surface area contributed by atoms with Crippen LogP contribution < -0.4 is 0 Å². The number of hydrogen-bond donors (Lipinski definition) is 1. The fraction of sp³-hybridized carbons (Fsp3) is 0.286. The highest BCUT2D eigenvalue weighted by Gasteiger charge is 2.23. The molecule has 0 fully saturated rings. The molecular weight excluding hydrogens is 334 g/mol. The summed E-state index contributed by atoms with van der Waals surface area (Å²) in [7, 11) is 0. The summed E-state index contributed by atoms with van der Waals surface area (Å²) >= 11 is 4.42. The summed E-state index contributed by atoms with van der Waals surface area (Å²) in [6.45, 7) is 0. The molecule has 0 bridgehead atoms. The van der Waals surface area contributed by atoms with E-state index in [2.05, 4.69) is 15.9 Å². The summed E-state index contributed by atoms with van der Waals surface area (Å²) in [5.74, 6) is -1.17. The predicted molar refractivity (Wildman–Crippen MR) is 74.5 cm³/mol. The third-order valence-corrected chi connectivity index (χ3v) is 5.27. The van der Waals surface area contributed by atoms with Crippen molar-refractivity contribution < 1.29 is 13.9 Å². The Balaban J connectivity index is 1.99. The van der Waals surface area contributed by atoms with Crippen LogP contribution in [0, 0.1) is 11.6 Å². The first-order chi connectivity index (χ1) is 9.06. The number of halogens is 3. The van der Waals surface area contributed by atoms with Gasteiger partial charge in [0.1, 0.15) is 17.7 Å². The Labute approximate surface area is 122 Å². The van der Waals surface area contributed by atoms with Gasteiger partial charge in [-0.15, -0.1) is 11.3 Å². The van der Waals surface area contributed by atoms with Crippen LogP contribution in [0.2, 0.25) is 0 Å². The van der Waals surface area contributed by atoms with Crippen LogP contribution >= 0.6 is 27.3 Å². The maximum atomic E-state index is 13.8. The fourth-order valence-corrected chi connectivity index (χ4v) is 3.97. The molecule has 2 aromatic rings. The van der Waals surface area contributed by atoms with Gasteiger partial charge in [0.25, 0.3) is 0 Å². The molecule has 19 heavy (non-hydrogen) atoms. The minimum Gasteiger partial charge on any atom is -0.383 e. The second-order valence-corrected chi connectivity index (χ2v) is 6.66. The Morgan fingerprint density at radius 1 is 1.16 bits per heavy atom. The fourth-order valence-electron chi connectivity index (χ4n) is 2.39. The zero-order chi connectivity index (χ0) is 13.6. The molecule has 5 heteroatoms. The molecular formula is C14H11BrF2OS. The van der Waals surface area contributed by atoms with E-state index in [4.69, 9.17) is 0 Å². The van der Waals surface area contributed by atoms with Crippen LogP contribution in [0.3, 0.4) is 0 Å². The smallest absolute Gasteiger partial charge is 0.137 e. The molecule has 0 amide bonds. The summed E-state index contributed by atoms with van der Waals surface area (Å²) in [6, 6.07) is 4.02. The topological polar surface area (TPSA) is 20.2 Å². The molecule has 1 aromatic carbocycles. The number of rotatable bonds is 2. The lowest BCUT2D eigenvalue weighted by atomic mass is 10.1. The number of aliphatic hydroxyl groups excluding tert-OH is 1. The van der Waals surface area contributed by atoms with Crippen molar-refractivity contribution in [1.29, 1.82) is 0 Å². The number of benzene rings is 1. The summed E-state index contributed by atoms with van der Waals surface area (Å²) in [5.41, 5.74) is 1.22. The molecule has 0 radical (unpaired) electrons. The Kier molecular flexibility index (Phi) is 3.45. The molecule has 1 aliphatic rings. The quantitative estimate of drug-likeness (QED) is 0.802. The third-order valence-electron chi connectivity index (χ3n) is 3.37. The van der Waals surface area contributed by atoms with Gasteiger partial charge in [-0.2, -0.15) is 0 Å². The first-order valence-electron chi connectivity index (χ1n) is 6.00. The van der Waals surface area contributed by atoms with E-state index in [0.717, 1.165) is 31.4 Å². The average molecular weight is 345 g/mol. The number of thiophene rings is 1. The van der Waals surface area contributed by atoms with Crippen LogP contribution in [0.25, 0.3) is 0 Å². The van der Waals surface area contributed by atoms with Crippen molar-refractivity contribution in [3.05, 3.63) is 55.2 Å². The van der Waals surface area contributed by atoms with Gasteiger partial charge in [0.2, 0.25) is 0 Å². The van der Waals surface area contributed by atoms with Crippen molar-refractivity contribution in [3.63, 3.8) is 0 Å². The van der Waals surface area contributed by atoms with E-state index in [-0.39, 0.29) is 10.0 Å². The van der Waals surface area contributed by atoms with Crippen LogP contribution in [0.4, 0.5) is 8.78 Å². The second kappa shape index (κ2) is 4.96. The van der Waals surface area contributed by atoms with Crippen molar-refractivity contribution in [2.45, 2.75) is 25.4 Å². The third kappa shape index (κ3) is 2.35. The van der Waals surface area contributed by atoms with Gasteiger partial charge in [0.15, 0.2) is 0 Å². The van der Waals surface area contributed by atoms with Crippen molar-refractivity contribution in [2.75, 3.05) is 0 Å². The number of hydrogen-bond acceptors (Lipinski definition) is 2. The SMILES string of the molecule is OC(c1cc2c(s1)CCC2)c1cc(F)c(Br)cc1F. The molecule has 1 N–H and O–H groups in total. The van der Waals surface area contributed by atoms with Crippen LogP contribution in [0.1, 0.15) is 33.4 Å². The van der Waals surface area contributed by atoms with E-state index in [1.807, 2.05) is 6.07 Å². The van der Waals surface area contributed by atoms with Crippen LogP contribution in [0.5, 0.6) is 0 Å². The predicted octanol–water partition coefficient (Wildman–Crippen LogP) is 4.36.